The summed E-state index contributed by atoms with van der Waals surface area (Å²) in [7, 11) is 3.39. The monoisotopic (exact) mass is 350 g/mol. The Hall–Kier alpha value is -2.02. The number of amides is 2. The highest BCUT2D eigenvalue weighted by Gasteiger charge is 2.20. The third kappa shape index (κ3) is 4.29. The Labute approximate surface area is 147 Å². The lowest BCUT2D eigenvalue weighted by atomic mass is 10.3. The molecule has 2 rings (SSSR count). The van der Waals surface area contributed by atoms with E-state index in [-0.39, 0.29) is 6.03 Å². The summed E-state index contributed by atoms with van der Waals surface area (Å²) >= 11 is 1.73. The molecular formula is C17H26N4O2S. The highest BCUT2D eigenvalue weighted by atomic mass is 32.1. The van der Waals surface area contributed by atoms with Crippen LogP contribution in [0.3, 0.4) is 0 Å². The third-order valence-corrected chi connectivity index (χ3v) is 4.92. The summed E-state index contributed by atoms with van der Waals surface area (Å²) in [5.74, 6) is 0.436. The molecule has 2 aromatic rings. The van der Waals surface area contributed by atoms with Crippen molar-refractivity contribution in [2.24, 2.45) is 7.05 Å². The summed E-state index contributed by atoms with van der Waals surface area (Å²) in [6.07, 6.45) is 2.02. The number of carbonyl (C=O) groups is 1. The molecule has 0 aliphatic rings. The van der Waals surface area contributed by atoms with Crippen molar-refractivity contribution in [1.29, 1.82) is 0 Å². The molecule has 0 saturated carbocycles. The number of unbranched alkanes of at least 4 members (excludes halogenated alkanes) is 1. The van der Waals surface area contributed by atoms with Gasteiger partial charge in [0.1, 0.15) is 5.69 Å². The molecule has 2 heterocycles. The zero-order chi connectivity index (χ0) is 17.7. The maximum absolute atomic E-state index is 12.8. The van der Waals surface area contributed by atoms with Gasteiger partial charge in [0.2, 0.25) is 0 Å². The maximum atomic E-state index is 12.8. The standard InChI is InChI=1S/C17H26N4O2S/c1-6-7-10-21(11-14-9-8-12(2)24-14)17(22)18-15-13(3)20(4)19-16(15)23-5/h8-9H,6-7,10-11H2,1-5H3,(H,18,22). The van der Waals surface area contributed by atoms with Gasteiger partial charge in [-0.3, -0.25) is 4.68 Å². The molecule has 132 valence electrons. The Morgan fingerprint density at radius 2 is 2.17 bits per heavy atom. The van der Waals surface area contributed by atoms with E-state index in [0.29, 0.717) is 18.1 Å². The van der Waals surface area contributed by atoms with Crippen molar-refractivity contribution in [2.75, 3.05) is 19.0 Å². The number of hydrogen-bond donors (Lipinski definition) is 1. The molecule has 2 aromatic heterocycles. The van der Waals surface area contributed by atoms with Gasteiger partial charge in [-0.05, 0) is 32.4 Å². The number of ether oxygens (including phenoxy) is 1. The highest BCUT2D eigenvalue weighted by Crippen LogP contribution is 2.27. The Kier molecular flexibility index (Phi) is 6.25. The first kappa shape index (κ1) is 18.3. The van der Waals surface area contributed by atoms with Gasteiger partial charge in [0.05, 0.1) is 19.3 Å². The number of aromatic nitrogens is 2. The molecule has 0 atom stereocenters. The van der Waals surface area contributed by atoms with Crippen molar-refractivity contribution in [3.8, 4) is 5.88 Å². The van der Waals surface area contributed by atoms with Crippen LogP contribution in [0.25, 0.3) is 0 Å². The first-order valence-corrected chi connectivity index (χ1v) is 8.96. The zero-order valence-corrected chi connectivity index (χ0v) is 15.9. The minimum Gasteiger partial charge on any atom is -0.478 e. The molecule has 0 saturated heterocycles. The number of aryl methyl sites for hydroxylation is 2. The lowest BCUT2D eigenvalue weighted by molar-refractivity contribution is 0.208. The molecule has 0 aliphatic carbocycles. The number of thiophene rings is 1. The fourth-order valence-corrected chi connectivity index (χ4v) is 3.32. The molecule has 0 radical (unpaired) electrons. The summed E-state index contributed by atoms with van der Waals surface area (Å²) in [5.41, 5.74) is 1.50. The van der Waals surface area contributed by atoms with E-state index >= 15 is 0 Å². The molecule has 0 unspecified atom stereocenters. The summed E-state index contributed by atoms with van der Waals surface area (Å²) in [4.78, 5) is 17.1. The quantitative estimate of drug-likeness (QED) is 0.823. The second-order valence-corrected chi connectivity index (χ2v) is 7.18. The molecule has 24 heavy (non-hydrogen) atoms. The van der Waals surface area contributed by atoms with Crippen molar-refractivity contribution in [1.82, 2.24) is 14.7 Å². The Morgan fingerprint density at radius 1 is 1.42 bits per heavy atom. The van der Waals surface area contributed by atoms with Gasteiger partial charge < -0.3 is 15.0 Å². The lowest BCUT2D eigenvalue weighted by Gasteiger charge is -2.22. The summed E-state index contributed by atoms with van der Waals surface area (Å²) < 4.78 is 6.97. The average Bonchev–Trinajstić information content (AvgIpc) is 3.09. The van der Waals surface area contributed by atoms with Crippen LogP contribution in [0.4, 0.5) is 10.5 Å². The molecule has 0 aliphatic heterocycles. The number of rotatable bonds is 7. The van der Waals surface area contributed by atoms with Crippen LogP contribution in [0.5, 0.6) is 5.88 Å². The van der Waals surface area contributed by atoms with E-state index in [9.17, 15) is 4.79 Å². The van der Waals surface area contributed by atoms with E-state index in [2.05, 4.69) is 36.4 Å². The molecule has 0 bridgehead atoms. The minimum atomic E-state index is -0.121. The topological polar surface area (TPSA) is 59.4 Å². The largest absolute Gasteiger partial charge is 0.478 e. The van der Waals surface area contributed by atoms with E-state index in [1.54, 1.807) is 23.1 Å². The number of nitrogens with one attached hydrogen (secondary N) is 1. The van der Waals surface area contributed by atoms with Crippen LogP contribution in [-0.2, 0) is 13.6 Å². The van der Waals surface area contributed by atoms with Crippen LogP contribution in [0.2, 0.25) is 0 Å². The number of nitrogens with zero attached hydrogens (tertiary/aromatic N) is 3. The molecule has 7 heteroatoms. The van der Waals surface area contributed by atoms with Crippen molar-refractivity contribution in [3.05, 3.63) is 27.6 Å². The zero-order valence-electron chi connectivity index (χ0n) is 15.0. The molecule has 0 spiro atoms. The second kappa shape index (κ2) is 8.19. The Bertz CT molecular complexity index is 693. The van der Waals surface area contributed by atoms with Crippen LogP contribution < -0.4 is 10.1 Å². The molecule has 2 amide bonds. The van der Waals surface area contributed by atoms with Gasteiger partial charge in [-0.15, -0.1) is 16.4 Å². The first-order valence-electron chi connectivity index (χ1n) is 8.15. The first-order chi connectivity index (χ1) is 11.5. The average molecular weight is 350 g/mol. The fourth-order valence-electron chi connectivity index (χ4n) is 2.41. The van der Waals surface area contributed by atoms with E-state index < -0.39 is 0 Å². The summed E-state index contributed by atoms with van der Waals surface area (Å²) in [5, 5.41) is 7.22. The predicted octanol–water partition coefficient (Wildman–Crippen LogP) is 3.94. The lowest BCUT2D eigenvalue weighted by Crippen LogP contribution is -2.35. The Balaban J connectivity index is 2.15. The van der Waals surface area contributed by atoms with E-state index in [1.807, 2.05) is 18.9 Å². The predicted molar refractivity (Wildman–Crippen MR) is 97.9 cm³/mol. The molecule has 1 N–H and O–H groups in total. The van der Waals surface area contributed by atoms with Crippen molar-refractivity contribution < 1.29 is 9.53 Å². The highest BCUT2D eigenvalue weighted by molar-refractivity contribution is 7.11. The SMILES string of the molecule is CCCCN(Cc1ccc(C)s1)C(=O)Nc1c(OC)nn(C)c1C. The minimum absolute atomic E-state index is 0.121. The maximum Gasteiger partial charge on any atom is 0.322 e. The fraction of sp³-hybridized carbons (Fsp3) is 0.529. The van der Waals surface area contributed by atoms with Crippen LogP contribution >= 0.6 is 11.3 Å². The summed E-state index contributed by atoms with van der Waals surface area (Å²) in [6.45, 7) is 7.45. The summed E-state index contributed by atoms with van der Waals surface area (Å²) in [6, 6.07) is 4.05. The van der Waals surface area contributed by atoms with Gasteiger partial charge in [0.25, 0.3) is 5.88 Å². The number of anilines is 1. The molecular weight excluding hydrogens is 324 g/mol. The third-order valence-electron chi connectivity index (χ3n) is 3.94. The van der Waals surface area contributed by atoms with Gasteiger partial charge in [-0.25, -0.2) is 4.79 Å². The molecule has 6 nitrogen and oxygen atoms in total. The van der Waals surface area contributed by atoms with Gasteiger partial charge in [-0.2, -0.15) is 0 Å². The molecule has 0 aromatic carbocycles. The molecule has 0 fully saturated rings. The van der Waals surface area contributed by atoms with Crippen LogP contribution in [-0.4, -0.2) is 34.4 Å². The van der Waals surface area contributed by atoms with E-state index in [4.69, 9.17) is 4.74 Å². The Morgan fingerprint density at radius 3 is 2.75 bits per heavy atom. The van der Waals surface area contributed by atoms with Crippen LogP contribution in [0.15, 0.2) is 12.1 Å². The number of methoxy groups -OCH3 is 1. The van der Waals surface area contributed by atoms with Crippen molar-refractivity contribution in [2.45, 2.75) is 40.2 Å². The number of carbonyl (C=O) groups excluding carboxylic acids is 1. The van der Waals surface area contributed by atoms with Gasteiger partial charge in [0, 0.05) is 23.3 Å². The van der Waals surface area contributed by atoms with Gasteiger partial charge in [0.15, 0.2) is 0 Å². The van der Waals surface area contributed by atoms with E-state index in [1.165, 1.54) is 9.75 Å². The van der Waals surface area contributed by atoms with Gasteiger partial charge >= 0.3 is 6.03 Å². The van der Waals surface area contributed by atoms with Crippen molar-refractivity contribution in [3.63, 3.8) is 0 Å². The van der Waals surface area contributed by atoms with E-state index in [0.717, 1.165) is 25.1 Å². The van der Waals surface area contributed by atoms with Crippen LogP contribution in [0, 0.1) is 13.8 Å². The number of urea groups is 1. The smallest absolute Gasteiger partial charge is 0.322 e. The van der Waals surface area contributed by atoms with Gasteiger partial charge in [-0.1, -0.05) is 13.3 Å². The normalized spacial score (nSPS) is 10.7. The van der Waals surface area contributed by atoms with Crippen molar-refractivity contribution >= 4 is 23.1 Å². The second-order valence-electron chi connectivity index (χ2n) is 5.81. The van der Waals surface area contributed by atoms with Crippen LogP contribution in [0.1, 0.15) is 35.2 Å². The number of hydrogen-bond acceptors (Lipinski definition) is 4.